The van der Waals surface area contributed by atoms with Crippen molar-refractivity contribution in [3.63, 3.8) is 0 Å². The predicted octanol–water partition coefficient (Wildman–Crippen LogP) is 3.69. The van der Waals surface area contributed by atoms with Crippen molar-refractivity contribution < 1.29 is 18.5 Å². The Labute approximate surface area is 188 Å². The van der Waals surface area contributed by atoms with Crippen LogP contribution in [0.25, 0.3) is 0 Å². The average Bonchev–Trinajstić information content (AvgIpc) is 3.27. The number of benzene rings is 1. The molecule has 7 nitrogen and oxygen atoms in total. The number of carbonyl (C=O) groups excluding carboxylic acids is 2. The topological polar surface area (TPSA) is 81.5 Å². The summed E-state index contributed by atoms with van der Waals surface area (Å²) in [6.07, 6.45) is 5.56. The van der Waals surface area contributed by atoms with Gasteiger partial charge in [-0.05, 0) is 62.8 Å². The maximum absolute atomic E-state index is 13.6. The molecule has 3 atom stereocenters. The summed E-state index contributed by atoms with van der Waals surface area (Å²) >= 11 is 6.01. The highest BCUT2D eigenvalue weighted by Crippen LogP contribution is 2.65. The minimum Gasteiger partial charge on any atom is -0.450 e. The van der Waals surface area contributed by atoms with E-state index in [0.717, 1.165) is 35.4 Å². The number of fused-ring (bicyclic) bond motifs is 5. The van der Waals surface area contributed by atoms with Crippen molar-refractivity contribution in [1.29, 1.82) is 0 Å². The summed E-state index contributed by atoms with van der Waals surface area (Å²) in [6, 6.07) is 7.19. The van der Waals surface area contributed by atoms with Crippen LogP contribution < -0.4 is 0 Å². The molecule has 0 N–H and O–H groups in total. The lowest BCUT2D eigenvalue weighted by Crippen LogP contribution is -2.41. The molecule has 0 amide bonds. The Bertz CT molecular complexity index is 1110. The molecule has 164 valence electrons. The Kier molecular flexibility index (Phi) is 4.70. The highest BCUT2D eigenvalue weighted by atomic mass is 35.5. The molecule has 3 aliphatic rings. The fraction of sp³-hybridized carbons (Fsp3) is 0.500. The fourth-order valence-corrected chi connectivity index (χ4v) is 6.77. The lowest BCUT2D eigenvalue weighted by atomic mass is 9.95. The van der Waals surface area contributed by atoms with Gasteiger partial charge in [-0.3, -0.25) is 9.59 Å². The number of nitrogens with zero attached hydrogens (tertiary/aromatic N) is 3. The summed E-state index contributed by atoms with van der Waals surface area (Å²) in [5.41, 5.74) is 0.680. The first-order chi connectivity index (χ1) is 14.6. The van der Waals surface area contributed by atoms with Crippen LogP contribution in [0.4, 0.5) is 0 Å². The average molecular weight is 462 g/mol. The number of aromatic nitrogens is 2. The van der Waals surface area contributed by atoms with Crippen molar-refractivity contribution in [2.45, 2.75) is 69.0 Å². The highest BCUT2D eigenvalue weighted by molar-refractivity contribution is 7.82. The van der Waals surface area contributed by atoms with Crippen LogP contribution in [0.15, 0.2) is 35.4 Å². The molecule has 1 saturated heterocycles. The molecular formula is C22H24ClN3O4S. The van der Waals surface area contributed by atoms with E-state index in [-0.39, 0.29) is 17.5 Å². The van der Waals surface area contributed by atoms with E-state index < -0.39 is 28.5 Å². The number of halogens is 1. The molecule has 3 heterocycles. The molecule has 2 fully saturated rings. The van der Waals surface area contributed by atoms with Gasteiger partial charge in [0.15, 0.2) is 5.60 Å². The molecule has 1 aliphatic carbocycles. The van der Waals surface area contributed by atoms with Crippen LogP contribution in [0.3, 0.4) is 0 Å². The van der Waals surface area contributed by atoms with E-state index >= 15 is 0 Å². The predicted molar refractivity (Wildman–Crippen MR) is 115 cm³/mol. The van der Waals surface area contributed by atoms with Gasteiger partial charge in [0.25, 0.3) is 5.91 Å². The smallest absolute Gasteiger partial charge is 0.303 e. The van der Waals surface area contributed by atoms with Crippen LogP contribution in [0.2, 0.25) is 5.02 Å². The van der Waals surface area contributed by atoms with E-state index in [2.05, 4.69) is 9.40 Å². The molecule has 3 unspecified atom stereocenters. The summed E-state index contributed by atoms with van der Waals surface area (Å²) < 4.78 is 22.2. The van der Waals surface area contributed by atoms with E-state index in [4.69, 9.17) is 16.3 Å². The summed E-state index contributed by atoms with van der Waals surface area (Å²) in [6.45, 7) is 4.40. The third-order valence-electron chi connectivity index (χ3n) is 6.71. The van der Waals surface area contributed by atoms with Gasteiger partial charge in [0, 0.05) is 36.2 Å². The monoisotopic (exact) mass is 461 g/mol. The molecule has 9 heteroatoms. The maximum Gasteiger partial charge on any atom is 0.303 e. The molecule has 1 aromatic carbocycles. The molecule has 5 rings (SSSR count). The molecule has 1 spiro atoms. The molecule has 31 heavy (non-hydrogen) atoms. The van der Waals surface area contributed by atoms with Crippen LogP contribution in [-0.2, 0) is 26.9 Å². The number of carbonyl (C=O) groups is 2. The standard InChI is InChI=1S/C22H24ClN3O4S/c1-13(27)30-21(2,3)20(28)25-12-16-17(24-25)10-19-22(8-9-22)11-18(16)26(19)31(29)15-6-4-14(23)5-7-15/h4-7,12,18-19H,8-11H2,1-3H3. The van der Waals surface area contributed by atoms with Crippen LogP contribution in [0, 0.1) is 5.41 Å². The zero-order valence-corrected chi connectivity index (χ0v) is 19.2. The molecular weight excluding hydrogens is 438 g/mol. The Hall–Kier alpha value is -2.03. The normalized spacial score (nSPS) is 24.6. The summed E-state index contributed by atoms with van der Waals surface area (Å²) in [7, 11) is -1.33. The van der Waals surface area contributed by atoms with Gasteiger partial charge in [0.05, 0.1) is 16.6 Å². The van der Waals surface area contributed by atoms with Gasteiger partial charge in [0.2, 0.25) is 0 Å². The van der Waals surface area contributed by atoms with E-state index in [0.29, 0.717) is 11.4 Å². The van der Waals surface area contributed by atoms with Crippen molar-refractivity contribution in [1.82, 2.24) is 14.1 Å². The molecule has 0 radical (unpaired) electrons. The molecule has 2 aromatic rings. The largest absolute Gasteiger partial charge is 0.450 e. The molecule has 1 aromatic heterocycles. The van der Waals surface area contributed by atoms with Gasteiger partial charge < -0.3 is 4.74 Å². The van der Waals surface area contributed by atoms with Crippen LogP contribution in [0.1, 0.15) is 62.1 Å². The molecule has 2 bridgehead atoms. The zero-order valence-electron chi connectivity index (χ0n) is 17.6. The SMILES string of the molecule is CC(=O)OC(C)(C)C(=O)n1cc2c(n1)CC1N(S(=O)c3ccc(Cl)cc3)C2CC12CC2. The van der Waals surface area contributed by atoms with Crippen molar-refractivity contribution in [2.24, 2.45) is 5.41 Å². The van der Waals surface area contributed by atoms with Gasteiger partial charge in [0.1, 0.15) is 11.0 Å². The fourth-order valence-electron chi connectivity index (χ4n) is 5.08. The second-order valence-corrected chi connectivity index (χ2v) is 11.1. The van der Waals surface area contributed by atoms with Crippen molar-refractivity contribution in [3.8, 4) is 0 Å². The summed E-state index contributed by atoms with van der Waals surface area (Å²) in [5.74, 6) is -0.922. The lowest BCUT2D eigenvalue weighted by molar-refractivity contribution is -0.150. The quantitative estimate of drug-likeness (QED) is 0.648. The minimum absolute atomic E-state index is 0.0638. The Morgan fingerprint density at radius 2 is 1.94 bits per heavy atom. The second kappa shape index (κ2) is 6.98. The van der Waals surface area contributed by atoms with Crippen molar-refractivity contribution in [2.75, 3.05) is 0 Å². The van der Waals surface area contributed by atoms with E-state index in [1.807, 2.05) is 12.1 Å². The number of rotatable bonds is 4. The number of hydrogen-bond acceptors (Lipinski definition) is 5. The van der Waals surface area contributed by atoms with E-state index in [1.165, 1.54) is 11.6 Å². The van der Waals surface area contributed by atoms with Gasteiger partial charge in [-0.2, -0.15) is 5.10 Å². The number of ether oxygens (including phenoxy) is 1. The first-order valence-corrected chi connectivity index (χ1v) is 11.9. The zero-order chi connectivity index (χ0) is 22.1. The van der Waals surface area contributed by atoms with Gasteiger partial charge in [-0.1, -0.05) is 11.6 Å². The summed E-state index contributed by atoms with van der Waals surface area (Å²) in [4.78, 5) is 25.1. The maximum atomic E-state index is 13.6. The summed E-state index contributed by atoms with van der Waals surface area (Å²) in [5, 5.41) is 5.18. The Morgan fingerprint density at radius 1 is 1.26 bits per heavy atom. The highest BCUT2D eigenvalue weighted by Gasteiger charge is 2.63. The van der Waals surface area contributed by atoms with E-state index in [9.17, 15) is 13.8 Å². The third kappa shape index (κ3) is 3.36. The van der Waals surface area contributed by atoms with Crippen LogP contribution >= 0.6 is 11.6 Å². The van der Waals surface area contributed by atoms with Gasteiger partial charge in [-0.15, -0.1) is 0 Å². The molecule has 2 aliphatic heterocycles. The number of hydrogen-bond donors (Lipinski definition) is 0. The van der Waals surface area contributed by atoms with E-state index in [1.54, 1.807) is 32.2 Å². The Morgan fingerprint density at radius 3 is 2.55 bits per heavy atom. The third-order valence-corrected chi connectivity index (χ3v) is 8.53. The van der Waals surface area contributed by atoms with Gasteiger partial charge >= 0.3 is 5.97 Å². The number of esters is 1. The van der Waals surface area contributed by atoms with Crippen molar-refractivity contribution in [3.05, 3.63) is 46.7 Å². The lowest BCUT2D eigenvalue weighted by Gasteiger charge is -2.33. The first kappa shape index (κ1) is 20.8. The first-order valence-electron chi connectivity index (χ1n) is 10.4. The van der Waals surface area contributed by atoms with Crippen LogP contribution in [-0.4, -0.2) is 41.8 Å². The second-order valence-electron chi connectivity index (χ2n) is 9.25. The van der Waals surface area contributed by atoms with Crippen molar-refractivity contribution >= 4 is 34.5 Å². The molecule has 1 saturated carbocycles. The Balaban J connectivity index is 1.49. The van der Waals surface area contributed by atoms with Gasteiger partial charge in [-0.25, -0.2) is 13.2 Å². The van der Waals surface area contributed by atoms with Crippen LogP contribution in [0.5, 0.6) is 0 Å². The minimum atomic E-state index is -1.33.